The molecule has 98 valence electrons. The SMILES string of the molecule is O=C1CC(Br)CN1CCCOc1ccc(F)cc1. The first kappa shape index (κ1) is 13.3. The number of halogens is 2. The quantitative estimate of drug-likeness (QED) is 0.617. The van der Waals surface area contributed by atoms with Crippen LogP contribution in [0.25, 0.3) is 0 Å². The summed E-state index contributed by atoms with van der Waals surface area (Å²) in [5.41, 5.74) is 0. The summed E-state index contributed by atoms with van der Waals surface area (Å²) in [5.74, 6) is 0.578. The van der Waals surface area contributed by atoms with E-state index in [9.17, 15) is 9.18 Å². The minimum atomic E-state index is -0.270. The van der Waals surface area contributed by atoms with E-state index in [1.165, 1.54) is 12.1 Å². The van der Waals surface area contributed by atoms with Crippen molar-refractivity contribution in [1.29, 1.82) is 0 Å². The van der Waals surface area contributed by atoms with Crippen molar-refractivity contribution < 1.29 is 13.9 Å². The Bertz CT molecular complexity index is 410. The fraction of sp³-hybridized carbons (Fsp3) is 0.462. The van der Waals surface area contributed by atoms with Gasteiger partial charge in [0.1, 0.15) is 11.6 Å². The minimum Gasteiger partial charge on any atom is -0.494 e. The van der Waals surface area contributed by atoms with Crippen molar-refractivity contribution in [1.82, 2.24) is 4.90 Å². The molecule has 18 heavy (non-hydrogen) atoms. The van der Waals surface area contributed by atoms with Crippen LogP contribution in [0.4, 0.5) is 4.39 Å². The summed E-state index contributed by atoms with van der Waals surface area (Å²) < 4.78 is 18.1. The van der Waals surface area contributed by atoms with Crippen molar-refractivity contribution in [3.05, 3.63) is 30.1 Å². The molecule has 1 atom stereocenters. The van der Waals surface area contributed by atoms with Gasteiger partial charge < -0.3 is 9.64 Å². The molecular formula is C13H15BrFNO2. The van der Waals surface area contributed by atoms with Crippen LogP contribution < -0.4 is 4.74 Å². The molecule has 1 fully saturated rings. The van der Waals surface area contributed by atoms with Gasteiger partial charge in [-0.3, -0.25) is 4.79 Å². The van der Waals surface area contributed by atoms with Crippen molar-refractivity contribution in [3.63, 3.8) is 0 Å². The highest BCUT2D eigenvalue weighted by molar-refractivity contribution is 9.09. The van der Waals surface area contributed by atoms with E-state index < -0.39 is 0 Å². The van der Waals surface area contributed by atoms with Crippen molar-refractivity contribution in [2.75, 3.05) is 19.7 Å². The van der Waals surface area contributed by atoms with E-state index in [4.69, 9.17) is 4.74 Å². The summed E-state index contributed by atoms with van der Waals surface area (Å²) in [6.07, 6.45) is 1.36. The van der Waals surface area contributed by atoms with Gasteiger partial charge in [-0.2, -0.15) is 0 Å². The molecule has 0 bridgehead atoms. The number of carbonyl (C=O) groups is 1. The minimum absolute atomic E-state index is 0.193. The van der Waals surface area contributed by atoms with E-state index in [1.54, 1.807) is 12.1 Å². The first-order chi connectivity index (χ1) is 8.65. The molecule has 2 rings (SSSR count). The number of hydrogen-bond acceptors (Lipinski definition) is 2. The Morgan fingerprint density at radius 2 is 2.11 bits per heavy atom. The van der Waals surface area contributed by atoms with Gasteiger partial charge in [0, 0.05) is 24.3 Å². The Labute approximate surface area is 114 Å². The fourth-order valence-corrected chi connectivity index (χ4v) is 2.54. The van der Waals surface area contributed by atoms with E-state index in [2.05, 4.69) is 15.9 Å². The van der Waals surface area contributed by atoms with Gasteiger partial charge in [-0.25, -0.2) is 4.39 Å². The number of ether oxygens (including phenoxy) is 1. The third-order valence-corrected chi connectivity index (χ3v) is 3.44. The molecule has 1 aromatic rings. The van der Waals surface area contributed by atoms with Crippen molar-refractivity contribution >= 4 is 21.8 Å². The number of nitrogens with zero attached hydrogens (tertiary/aromatic N) is 1. The Kier molecular flexibility index (Phi) is 4.58. The standard InChI is InChI=1S/C13H15BrFNO2/c14-10-8-13(17)16(9-10)6-1-7-18-12-4-2-11(15)3-5-12/h2-5,10H,1,6-9H2. The molecule has 1 unspecified atom stereocenters. The van der Waals surface area contributed by atoms with E-state index in [-0.39, 0.29) is 16.6 Å². The maximum absolute atomic E-state index is 12.7. The number of likely N-dealkylation sites (tertiary alicyclic amines) is 1. The molecule has 0 aliphatic carbocycles. The fourth-order valence-electron chi connectivity index (χ4n) is 1.92. The smallest absolute Gasteiger partial charge is 0.223 e. The second-order valence-electron chi connectivity index (χ2n) is 4.30. The van der Waals surface area contributed by atoms with Crippen LogP contribution in [0.2, 0.25) is 0 Å². The first-order valence-electron chi connectivity index (χ1n) is 5.95. The predicted molar refractivity (Wildman–Crippen MR) is 70.4 cm³/mol. The molecule has 1 heterocycles. The molecule has 1 aliphatic heterocycles. The lowest BCUT2D eigenvalue weighted by atomic mass is 10.3. The van der Waals surface area contributed by atoms with Crippen molar-refractivity contribution in [2.45, 2.75) is 17.7 Å². The van der Waals surface area contributed by atoms with Crippen LogP contribution in [0.5, 0.6) is 5.75 Å². The molecule has 0 N–H and O–H groups in total. The summed E-state index contributed by atoms with van der Waals surface area (Å²) in [6, 6.07) is 5.94. The van der Waals surface area contributed by atoms with Gasteiger partial charge >= 0.3 is 0 Å². The second kappa shape index (κ2) is 6.18. The average Bonchev–Trinajstić information content (AvgIpc) is 2.66. The Morgan fingerprint density at radius 3 is 2.72 bits per heavy atom. The highest BCUT2D eigenvalue weighted by atomic mass is 79.9. The Morgan fingerprint density at radius 1 is 1.39 bits per heavy atom. The molecule has 5 heteroatoms. The lowest BCUT2D eigenvalue weighted by Crippen LogP contribution is -2.27. The molecule has 0 radical (unpaired) electrons. The van der Waals surface area contributed by atoms with Crippen molar-refractivity contribution in [3.8, 4) is 5.75 Å². The second-order valence-corrected chi connectivity index (χ2v) is 5.59. The molecule has 0 saturated carbocycles. The summed E-state index contributed by atoms with van der Waals surface area (Å²) in [4.78, 5) is 13.6. The van der Waals surface area contributed by atoms with Crippen LogP contribution in [0.15, 0.2) is 24.3 Å². The van der Waals surface area contributed by atoms with E-state index in [0.717, 1.165) is 13.0 Å². The van der Waals surface area contributed by atoms with Gasteiger partial charge in [0.05, 0.1) is 6.61 Å². The zero-order valence-electron chi connectivity index (χ0n) is 9.94. The highest BCUT2D eigenvalue weighted by Crippen LogP contribution is 2.18. The molecule has 1 aliphatic rings. The largest absolute Gasteiger partial charge is 0.494 e. The zero-order valence-corrected chi connectivity index (χ0v) is 11.5. The van der Waals surface area contributed by atoms with Crippen LogP contribution in [0, 0.1) is 5.82 Å². The summed E-state index contributed by atoms with van der Waals surface area (Å²) in [6.45, 7) is 2.01. The topological polar surface area (TPSA) is 29.5 Å². The third-order valence-electron chi connectivity index (χ3n) is 2.82. The molecule has 3 nitrogen and oxygen atoms in total. The van der Waals surface area contributed by atoms with Crippen LogP contribution in [-0.4, -0.2) is 35.3 Å². The highest BCUT2D eigenvalue weighted by Gasteiger charge is 2.26. The van der Waals surface area contributed by atoms with E-state index in [0.29, 0.717) is 25.3 Å². The van der Waals surface area contributed by atoms with Gasteiger partial charge in [-0.1, -0.05) is 15.9 Å². The van der Waals surface area contributed by atoms with Gasteiger partial charge in [0.25, 0.3) is 0 Å². The molecular weight excluding hydrogens is 301 g/mol. The zero-order chi connectivity index (χ0) is 13.0. The lowest BCUT2D eigenvalue weighted by molar-refractivity contribution is -0.127. The van der Waals surface area contributed by atoms with Gasteiger partial charge in [-0.05, 0) is 30.7 Å². The molecule has 1 aromatic carbocycles. The van der Waals surface area contributed by atoms with Crippen LogP contribution in [0.3, 0.4) is 0 Å². The maximum Gasteiger partial charge on any atom is 0.223 e. The monoisotopic (exact) mass is 315 g/mol. The average molecular weight is 316 g/mol. The number of hydrogen-bond donors (Lipinski definition) is 0. The van der Waals surface area contributed by atoms with Crippen molar-refractivity contribution in [2.24, 2.45) is 0 Å². The molecule has 0 spiro atoms. The van der Waals surface area contributed by atoms with Crippen LogP contribution >= 0.6 is 15.9 Å². The van der Waals surface area contributed by atoms with E-state index in [1.807, 2.05) is 4.90 Å². The van der Waals surface area contributed by atoms with Gasteiger partial charge in [0.2, 0.25) is 5.91 Å². The predicted octanol–water partition coefficient (Wildman–Crippen LogP) is 2.59. The van der Waals surface area contributed by atoms with Crippen LogP contribution in [0.1, 0.15) is 12.8 Å². The Balaban J connectivity index is 1.67. The molecule has 1 amide bonds. The summed E-state index contributed by atoms with van der Waals surface area (Å²) in [5, 5.41) is 0. The number of carbonyl (C=O) groups excluding carboxylic acids is 1. The molecule has 0 aromatic heterocycles. The van der Waals surface area contributed by atoms with Crippen LogP contribution in [-0.2, 0) is 4.79 Å². The maximum atomic E-state index is 12.7. The number of alkyl halides is 1. The Hall–Kier alpha value is -1.10. The lowest BCUT2D eigenvalue weighted by Gasteiger charge is -2.15. The summed E-state index contributed by atoms with van der Waals surface area (Å²) in [7, 11) is 0. The molecule has 1 saturated heterocycles. The number of rotatable bonds is 5. The third kappa shape index (κ3) is 3.70. The summed E-state index contributed by atoms with van der Waals surface area (Å²) >= 11 is 3.44. The first-order valence-corrected chi connectivity index (χ1v) is 6.87. The number of amides is 1. The number of benzene rings is 1. The van der Waals surface area contributed by atoms with Gasteiger partial charge in [-0.15, -0.1) is 0 Å². The van der Waals surface area contributed by atoms with E-state index >= 15 is 0 Å². The normalized spacial score (nSPS) is 19.3. The van der Waals surface area contributed by atoms with Gasteiger partial charge in [0.15, 0.2) is 0 Å².